The van der Waals surface area contributed by atoms with Crippen molar-refractivity contribution >= 4 is 21.6 Å². The van der Waals surface area contributed by atoms with Crippen molar-refractivity contribution in [1.29, 1.82) is 0 Å². The molecular weight excluding hydrogens is 294 g/mol. The first-order valence-corrected chi connectivity index (χ1v) is 8.29. The Kier molecular flexibility index (Phi) is 4.81. The minimum absolute atomic E-state index is 0.0221. The van der Waals surface area contributed by atoms with E-state index in [1.807, 2.05) is 37.3 Å². The molecule has 0 radical (unpaired) electrons. The third-order valence-electron chi connectivity index (χ3n) is 2.93. The molecule has 0 saturated heterocycles. The van der Waals surface area contributed by atoms with Crippen LogP contribution >= 0.6 is 11.6 Å². The number of benzene rings is 2. The molecule has 1 N–H and O–H groups in total. The van der Waals surface area contributed by atoms with Crippen LogP contribution in [0.25, 0.3) is 0 Å². The molecule has 1 unspecified atom stereocenters. The van der Waals surface area contributed by atoms with E-state index >= 15 is 0 Å². The van der Waals surface area contributed by atoms with Crippen molar-refractivity contribution in [2.45, 2.75) is 18.7 Å². The quantitative estimate of drug-likeness (QED) is 0.918. The van der Waals surface area contributed by atoms with Crippen molar-refractivity contribution in [3.8, 4) is 0 Å². The Morgan fingerprint density at radius 1 is 1.05 bits per heavy atom. The van der Waals surface area contributed by atoms with Crippen LogP contribution in [0.2, 0.25) is 5.02 Å². The molecule has 0 aliphatic rings. The standard InChI is InChI=1S/C15H16ClNO2S/c1-12(14-7-9-15(16)10-8-14)17-20(18,19)11-13-5-3-2-4-6-13/h2-10,12,17H,11H2,1H3. The van der Waals surface area contributed by atoms with Crippen LogP contribution in [-0.2, 0) is 15.8 Å². The summed E-state index contributed by atoms with van der Waals surface area (Å²) in [5, 5.41) is 0.632. The lowest BCUT2D eigenvalue weighted by atomic mass is 10.1. The van der Waals surface area contributed by atoms with E-state index in [-0.39, 0.29) is 11.8 Å². The lowest BCUT2D eigenvalue weighted by Gasteiger charge is -2.14. The summed E-state index contributed by atoms with van der Waals surface area (Å²) in [6.07, 6.45) is 0. The number of sulfonamides is 1. The van der Waals surface area contributed by atoms with Gasteiger partial charge in [-0.25, -0.2) is 13.1 Å². The zero-order valence-electron chi connectivity index (χ0n) is 11.1. The molecule has 0 aromatic heterocycles. The molecule has 2 aromatic rings. The average molecular weight is 310 g/mol. The van der Waals surface area contributed by atoms with Gasteiger partial charge in [0.1, 0.15) is 0 Å². The van der Waals surface area contributed by atoms with E-state index in [0.29, 0.717) is 5.02 Å². The minimum Gasteiger partial charge on any atom is -0.212 e. The molecule has 0 fully saturated rings. The Hall–Kier alpha value is -1.36. The molecule has 0 bridgehead atoms. The molecule has 2 aromatic carbocycles. The van der Waals surface area contributed by atoms with Gasteiger partial charge in [-0.3, -0.25) is 0 Å². The van der Waals surface area contributed by atoms with E-state index in [1.54, 1.807) is 24.3 Å². The van der Waals surface area contributed by atoms with Gasteiger partial charge in [-0.15, -0.1) is 0 Å². The molecule has 0 aliphatic carbocycles. The molecular formula is C15H16ClNO2S. The first kappa shape index (κ1) is 15.0. The predicted octanol–water partition coefficient (Wildman–Crippen LogP) is 3.52. The molecule has 3 nitrogen and oxygen atoms in total. The van der Waals surface area contributed by atoms with Gasteiger partial charge >= 0.3 is 0 Å². The van der Waals surface area contributed by atoms with Gasteiger partial charge in [-0.1, -0.05) is 54.1 Å². The third-order valence-corrected chi connectivity index (χ3v) is 4.60. The number of rotatable bonds is 5. The van der Waals surface area contributed by atoms with Gasteiger partial charge in [-0.2, -0.15) is 0 Å². The summed E-state index contributed by atoms with van der Waals surface area (Å²) >= 11 is 5.82. The lowest BCUT2D eigenvalue weighted by molar-refractivity contribution is 0.566. The van der Waals surface area contributed by atoms with Crippen molar-refractivity contribution in [2.75, 3.05) is 0 Å². The Morgan fingerprint density at radius 3 is 2.25 bits per heavy atom. The van der Waals surface area contributed by atoms with Crippen molar-refractivity contribution in [3.63, 3.8) is 0 Å². The summed E-state index contributed by atoms with van der Waals surface area (Å²) in [5.74, 6) is -0.0221. The summed E-state index contributed by atoms with van der Waals surface area (Å²) in [4.78, 5) is 0. The topological polar surface area (TPSA) is 46.2 Å². The fraction of sp³-hybridized carbons (Fsp3) is 0.200. The maximum Gasteiger partial charge on any atom is 0.216 e. The SMILES string of the molecule is CC(NS(=O)(=O)Cc1ccccc1)c1ccc(Cl)cc1. The van der Waals surface area contributed by atoms with E-state index < -0.39 is 10.0 Å². The normalized spacial score (nSPS) is 13.1. The van der Waals surface area contributed by atoms with Crippen LogP contribution in [0.15, 0.2) is 54.6 Å². The highest BCUT2D eigenvalue weighted by Crippen LogP contribution is 2.17. The summed E-state index contributed by atoms with van der Waals surface area (Å²) in [6.45, 7) is 1.81. The fourth-order valence-corrected chi connectivity index (χ4v) is 3.44. The average Bonchev–Trinajstić information content (AvgIpc) is 2.39. The second kappa shape index (κ2) is 6.39. The smallest absolute Gasteiger partial charge is 0.212 e. The van der Waals surface area contributed by atoms with E-state index in [9.17, 15) is 8.42 Å². The Morgan fingerprint density at radius 2 is 1.65 bits per heavy atom. The molecule has 2 rings (SSSR count). The largest absolute Gasteiger partial charge is 0.216 e. The first-order chi connectivity index (χ1) is 9.46. The third kappa shape index (κ3) is 4.34. The molecule has 5 heteroatoms. The molecule has 1 atom stereocenters. The molecule has 106 valence electrons. The number of hydrogen-bond acceptors (Lipinski definition) is 2. The zero-order valence-corrected chi connectivity index (χ0v) is 12.7. The maximum atomic E-state index is 12.1. The van der Waals surface area contributed by atoms with Crippen LogP contribution in [0.1, 0.15) is 24.1 Å². The summed E-state index contributed by atoms with van der Waals surface area (Å²) < 4.78 is 26.9. The second-order valence-corrected chi connectivity index (χ2v) is 6.83. The lowest BCUT2D eigenvalue weighted by Crippen LogP contribution is -2.28. The van der Waals surface area contributed by atoms with Gasteiger partial charge in [0.25, 0.3) is 0 Å². The highest BCUT2D eigenvalue weighted by atomic mass is 35.5. The molecule has 0 amide bonds. The highest BCUT2D eigenvalue weighted by Gasteiger charge is 2.16. The Balaban J connectivity index is 2.06. The van der Waals surface area contributed by atoms with Crippen molar-refractivity contribution in [2.24, 2.45) is 0 Å². The maximum absolute atomic E-state index is 12.1. The molecule has 0 saturated carbocycles. The summed E-state index contributed by atoms with van der Waals surface area (Å²) in [5.41, 5.74) is 1.65. The highest BCUT2D eigenvalue weighted by molar-refractivity contribution is 7.88. The predicted molar refractivity (Wildman–Crippen MR) is 82.1 cm³/mol. The van der Waals surface area contributed by atoms with Gasteiger partial charge in [0.05, 0.1) is 5.75 Å². The number of halogens is 1. The van der Waals surface area contributed by atoms with Crippen LogP contribution in [-0.4, -0.2) is 8.42 Å². The molecule has 0 spiro atoms. The van der Waals surface area contributed by atoms with Gasteiger partial charge < -0.3 is 0 Å². The van der Waals surface area contributed by atoms with Crippen molar-refractivity contribution < 1.29 is 8.42 Å². The second-order valence-electron chi connectivity index (χ2n) is 4.64. The zero-order chi connectivity index (χ0) is 14.6. The van der Waals surface area contributed by atoms with Gasteiger partial charge in [0, 0.05) is 11.1 Å². The monoisotopic (exact) mass is 309 g/mol. The van der Waals surface area contributed by atoms with Gasteiger partial charge in [-0.05, 0) is 30.2 Å². The van der Waals surface area contributed by atoms with E-state index in [1.165, 1.54) is 0 Å². The van der Waals surface area contributed by atoms with E-state index in [4.69, 9.17) is 11.6 Å². The molecule has 20 heavy (non-hydrogen) atoms. The fourth-order valence-electron chi connectivity index (χ4n) is 1.92. The molecule has 0 aliphatic heterocycles. The summed E-state index contributed by atoms with van der Waals surface area (Å²) in [7, 11) is -3.38. The van der Waals surface area contributed by atoms with Crippen LogP contribution < -0.4 is 4.72 Å². The van der Waals surface area contributed by atoms with Gasteiger partial charge in [0.2, 0.25) is 10.0 Å². The van der Waals surface area contributed by atoms with Crippen LogP contribution in [0.3, 0.4) is 0 Å². The van der Waals surface area contributed by atoms with Crippen LogP contribution in [0.5, 0.6) is 0 Å². The Labute approximate surface area is 124 Å². The number of hydrogen-bond donors (Lipinski definition) is 1. The van der Waals surface area contributed by atoms with Crippen LogP contribution in [0, 0.1) is 0 Å². The minimum atomic E-state index is -3.38. The van der Waals surface area contributed by atoms with Crippen LogP contribution in [0.4, 0.5) is 0 Å². The summed E-state index contributed by atoms with van der Waals surface area (Å²) in [6, 6.07) is 16.0. The van der Waals surface area contributed by atoms with Gasteiger partial charge in [0.15, 0.2) is 0 Å². The first-order valence-electron chi connectivity index (χ1n) is 6.26. The Bertz CT molecular complexity index is 654. The van der Waals surface area contributed by atoms with E-state index in [0.717, 1.165) is 11.1 Å². The van der Waals surface area contributed by atoms with Crippen molar-refractivity contribution in [3.05, 3.63) is 70.7 Å². The van der Waals surface area contributed by atoms with Crippen molar-refractivity contribution in [1.82, 2.24) is 4.72 Å². The van der Waals surface area contributed by atoms with E-state index in [2.05, 4.69) is 4.72 Å². The molecule has 0 heterocycles. The number of nitrogens with one attached hydrogen (secondary N) is 1.